The number of nitrogens with one attached hydrogen (secondary N) is 1. The van der Waals surface area contributed by atoms with Crippen molar-refractivity contribution in [1.82, 2.24) is 5.32 Å². The highest BCUT2D eigenvalue weighted by Gasteiger charge is 2.22. The minimum Gasteiger partial charge on any atom is -0.478 e. The maximum atomic E-state index is 12.1. The molecular formula is C16H23NO4. The van der Waals surface area contributed by atoms with Gasteiger partial charge in [0.2, 0.25) is 0 Å². The molecular weight excluding hydrogens is 270 g/mol. The van der Waals surface area contributed by atoms with Crippen molar-refractivity contribution in [3.05, 3.63) is 23.2 Å². The van der Waals surface area contributed by atoms with E-state index < -0.39 is 5.97 Å². The van der Waals surface area contributed by atoms with Gasteiger partial charge in [0.15, 0.2) is 5.76 Å². The second kappa shape index (κ2) is 6.78. The van der Waals surface area contributed by atoms with Gasteiger partial charge in [0.1, 0.15) is 11.3 Å². The fourth-order valence-corrected chi connectivity index (χ4v) is 3.05. The van der Waals surface area contributed by atoms with Crippen LogP contribution in [0.3, 0.4) is 0 Å². The van der Waals surface area contributed by atoms with Gasteiger partial charge in [-0.1, -0.05) is 26.7 Å². The van der Waals surface area contributed by atoms with Crippen molar-refractivity contribution in [2.45, 2.75) is 46.0 Å². The van der Waals surface area contributed by atoms with Crippen molar-refractivity contribution in [3.8, 4) is 0 Å². The zero-order valence-electron chi connectivity index (χ0n) is 12.6. The largest absolute Gasteiger partial charge is 0.478 e. The Balaban J connectivity index is 1.95. The first kappa shape index (κ1) is 15.6. The number of carboxylic acids is 1. The molecule has 0 aromatic carbocycles. The molecule has 1 aromatic rings. The maximum absolute atomic E-state index is 12.1. The number of hydrogen-bond donors (Lipinski definition) is 2. The van der Waals surface area contributed by atoms with Crippen LogP contribution in [0.2, 0.25) is 0 Å². The summed E-state index contributed by atoms with van der Waals surface area (Å²) in [6.45, 7) is 4.68. The third-order valence-corrected chi connectivity index (χ3v) is 4.18. The Kier molecular flexibility index (Phi) is 5.04. The van der Waals surface area contributed by atoms with Crippen molar-refractivity contribution in [3.63, 3.8) is 0 Å². The van der Waals surface area contributed by atoms with Crippen LogP contribution in [-0.4, -0.2) is 23.5 Å². The van der Waals surface area contributed by atoms with E-state index in [9.17, 15) is 9.59 Å². The molecule has 116 valence electrons. The molecule has 1 amide bonds. The van der Waals surface area contributed by atoms with Crippen LogP contribution in [0.5, 0.6) is 0 Å². The van der Waals surface area contributed by atoms with Crippen LogP contribution in [0.15, 0.2) is 10.5 Å². The molecule has 1 aliphatic carbocycles. The van der Waals surface area contributed by atoms with Crippen molar-refractivity contribution in [2.75, 3.05) is 6.54 Å². The molecule has 1 aromatic heterocycles. The van der Waals surface area contributed by atoms with Crippen LogP contribution in [0.25, 0.3) is 0 Å². The number of amides is 1. The molecule has 5 heteroatoms. The summed E-state index contributed by atoms with van der Waals surface area (Å²) in [5.74, 6) is 0.282. The van der Waals surface area contributed by atoms with Crippen molar-refractivity contribution < 1.29 is 19.1 Å². The van der Waals surface area contributed by atoms with Gasteiger partial charge in [-0.15, -0.1) is 0 Å². The Hall–Kier alpha value is -1.78. The van der Waals surface area contributed by atoms with E-state index in [0.29, 0.717) is 24.6 Å². The van der Waals surface area contributed by atoms with Crippen molar-refractivity contribution in [1.29, 1.82) is 0 Å². The zero-order valence-corrected chi connectivity index (χ0v) is 12.6. The third-order valence-electron chi connectivity index (χ3n) is 4.18. The third kappa shape index (κ3) is 3.86. The molecule has 2 unspecified atom stereocenters. The molecule has 0 bridgehead atoms. The lowest BCUT2D eigenvalue weighted by atomic mass is 9.82. The number of carboxylic acid groups (broad SMARTS) is 1. The molecule has 0 spiro atoms. The number of aryl methyl sites for hydroxylation is 1. The molecule has 0 saturated heterocycles. The summed E-state index contributed by atoms with van der Waals surface area (Å²) in [5, 5.41) is 11.9. The van der Waals surface area contributed by atoms with Gasteiger partial charge in [0, 0.05) is 19.0 Å². The van der Waals surface area contributed by atoms with E-state index in [-0.39, 0.29) is 17.2 Å². The Morgan fingerprint density at radius 3 is 2.76 bits per heavy atom. The van der Waals surface area contributed by atoms with Crippen molar-refractivity contribution >= 4 is 11.9 Å². The van der Waals surface area contributed by atoms with Crippen LogP contribution < -0.4 is 5.32 Å². The second-order valence-corrected chi connectivity index (χ2v) is 5.95. The van der Waals surface area contributed by atoms with E-state index in [0.717, 1.165) is 18.8 Å². The highest BCUT2D eigenvalue weighted by Crippen LogP contribution is 2.28. The molecule has 0 aliphatic heterocycles. The molecule has 21 heavy (non-hydrogen) atoms. The van der Waals surface area contributed by atoms with Crippen LogP contribution >= 0.6 is 0 Å². The molecule has 1 heterocycles. The fraction of sp³-hybridized carbons (Fsp3) is 0.625. The minimum absolute atomic E-state index is 0.0777. The van der Waals surface area contributed by atoms with Gasteiger partial charge in [0.05, 0.1) is 0 Å². The molecule has 0 radical (unpaired) electrons. The highest BCUT2D eigenvalue weighted by atomic mass is 16.4. The first-order valence-corrected chi connectivity index (χ1v) is 7.65. The number of carbonyl (C=O) groups is 2. The van der Waals surface area contributed by atoms with Gasteiger partial charge in [-0.3, -0.25) is 4.79 Å². The summed E-state index contributed by atoms with van der Waals surface area (Å²) in [6.07, 6.45) is 5.22. The molecule has 5 nitrogen and oxygen atoms in total. The molecule has 1 saturated carbocycles. The lowest BCUT2D eigenvalue weighted by molar-refractivity contribution is 0.0694. The lowest BCUT2D eigenvalue weighted by Gasteiger charge is -2.26. The molecule has 2 N–H and O–H groups in total. The topological polar surface area (TPSA) is 79.5 Å². The van der Waals surface area contributed by atoms with E-state index in [2.05, 4.69) is 12.2 Å². The van der Waals surface area contributed by atoms with Gasteiger partial charge in [0.25, 0.3) is 5.91 Å². The first-order valence-electron chi connectivity index (χ1n) is 7.65. The summed E-state index contributed by atoms with van der Waals surface area (Å²) < 4.78 is 5.36. The quantitative estimate of drug-likeness (QED) is 0.874. The van der Waals surface area contributed by atoms with E-state index in [1.807, 2.05) is 0 Å². The van der Waals surface area contributed by atoms with Gasteiger partial charge < -0.3 is 14.8 Å². The number of aromatic carboxylic acids is 1. The Labute approximate surface area is 124 Å². The average Bonchev–Trinajstić information content (AvgIpc) is 2.89. The molecule has 1 fully saturated rings. The lowest BCUT2D eigenvalue weighted by Crippen LogP contribution is -2.31. The summed E-state index contributed by atoms with van der Waals surface area (Å²) >= 11 is 0. The van der Waals surface area contributed by atoms with Crippen LogP contribution in [0, 0.1) is 11.8 Å². The second-order valence-electron chi connectivity index (χ2n) is 5.95. The molecule has 2 rings (SSSR count). The first-order chi connectivity index (χ1) is 10.0. The normalized spacial score (nSPS) is 22.0. The Morgan fingerprint density at radius 1 is 1.43 bits per heavy atom. The fourth-order valence-electron chi connectivity index (χ4n) is 3.05. The zero-order chi connectivity index (χ0) is 15.4. The van der Waals surface area contributed by atoms with E-state index in [1.165, 1.54) is 18.9 Å². The predicted molar refractivity (Wildman–Crippen MR) is 78.5 cm³/mol. The minimum atomic E-state index is -1.06. The molecule has 2 atom stereocenters. The standard InChI is InChI=1S/C16H23NO4/c1-3-13-12(16(19)20)8-14(21-13)15(18)17-9-11-6-4-5-10(2)7-11/h8,10-11H,3-7,9H2,1-2H3,(H,17,18)(H,19,20). The Bertz CT molecular complexity index is 520. The van der Waals surface area contributed by atoms with Crippen LogP contribution in [0.4, 0.5) is 0 Å². The highest BCUT2D eigenvalue weighted by molar-refractivity contribution is 5.96. The maximum Gasteiger partial charge on any atom is 0.339 e. The smallest absolute Gasteiger partial charge is 0.339 e. The van der Waals surface area contributed by atoms with Crippen LogP contribution in [-0.2, 0) is 6.42 Å². The number of carbonyl (C=O) groups excluding carboxylic acids is 1. The van der Waals surface area contributed by atoms with E-state index in [1.54, 1.807) is 6.92 Å². The summed E-state index contributed by atoms with van der Waals surface area (Å²) in [7, 11) is 0. The van der Waals surface area contributed by atoms with Gasteiger partial charge in [-0.2, -0.15) is 0 Å². The monoisotopic (exact) mass is 293 g/mol. The average molecular weight is 293 g/mol. The number of furan rings is 1. The van der Waals surface area contributed by atoms with Crippen LogP contribution in [0.1, 0.15) is 66.2 Å². The predicted octanol–water partition coefficient (Wildman–Crippen LogP) is 3.10. The molecule has 1 aliphatic rings. The Morgan fingerprint density at radius 2 is 2.19 bits per heavy atom. The van der Waals surface area contributed by atoms with Gasteiger partial charge in [-0.25, -0.2) is 4.79 Å². The van der Waals surface area contributed by atoms with Crippen molar-refractivity contribution in [2.24, 2.45) is 11.8 Å². The summed E-state index contributed by atoms with van der Waals surface area (Å²) in [6, 6.07) is 1.32. The van der Waals surface area contributed by atoms with E-state index >= 15 is 0 Å². The van der Waals surface area contributed by atoms with Gasteiger partial charge >= 0.3 is 5.97 Å². The van der Waals surface area contributed by atoms with E-state index in [4.69, 9.17) is 9.52 Å². The SMILES string of the molecule is CCc1oc(C(=O)NCC2CCCC(C)C2)cc1C(=O)O. The van der Waals surface area contributed by atoms with Gasteiger partial charge in [-0.05, 0) is 24.7 Å². The number of rotatable bonds is 5. The number of hydrogen-bond acceptors (Lipinski definition) is 3. The summed E-state index contributed by atoms with van der Waals surface area (Å²) in [5.41, 5.74) is 0.0777. The summed E-state index contributed by atoms with van der Waals surface area (Å²) in [4.78, 5) is 23.1.